The lowest BCUT2D eigenvalue weighted by Gasteiger charge is -2.41. The first kappa shape index (κ1) is 16.4. The summed E-state index contributed by atoms with van der Waals surface area (Å²) in [6.07, 6.45) is 2.94. The molecule has 0 amide bonds. The molecule has 0 heterocycles. The highest BCUT2D eigenvalue weighted by Gasteiger charge is 2.47. The second-order valence-corrected chi connectivity index (χ2v) is 11.0. The lowest BCUT2D eigenvalue weighted by Crippen LogP contribution is -2.49. The number of carbonyl (C=O) groups is 1. The molecule has 0 aliphatic heterocycles. The number of hydrogen-bond donors (Lipinski definition) is 0. The quantitative estimate of drug-likeness (QED) is 0.488. The fraction of sp³-hybridized carbons (Fsp3) is 0.786. The minimum atomic E-state index is -2.02. The van der Waals surface area contributed by atoms with Gasteiger partial charge in [0.05, 0.1) is 0 Å². The summed E-state index contributed by atoms with van der Waals surface area (Å²) >= 11 is 0. The van der Waals surface area contributed by atoms with Crippen molar-refractivity contribution in [1.82, 2.24) is 0 Å². The Kier molecular flexibility index (Phi) is 6.76. The Balaban J connectivity index is 4.92. The predicted octanol–water partition coefficient (Wildman–Crippen LogP) is 4.67. The van der Waals surface area contributed by atoms with E-state index in [0.717, 1.165) is 0 Å². The van der Waals surface area contributed by atoms with Gasteiger partial charge in [-0.05, 0) is 23.0 Å². The van der Waals surface area contributed by atoms with Crippen LogP contribution in [0.1, 0.15) is 54.4 Å². The van der Waals surface area contributed by atoms with Gasteiger partial charge >= 0.3 is 0 Å². The molecule has 0 radical (unpaired) electrons. The summed E-state index contributed by atoms with van der Waals surface area (Å²) in [6, 6.07) is 0. The molecule has 0 bridgehead atoms. The molecule has 0 aliphatic rings. The predicted molar refractivity (Wildman–Crippen MR) is 76.6 cm³/mol. The first-order chi connectivity index (χ1) is 7.78. The van der Waals surface area contributed by atoms with E-state index in [9.17, 15) is 4.79 Å². The molecule has 0 N–H and O–H groups in total. The highest BCUT2D eigenvalue weighted by molar-refractivity contribution is 6.78. The van der Waals surface area contributed by atoms with Gasteiger partial charge in [0, 0.05) is 6.42 Å². The highest BCUT2D eigenvalue weighted by Crippen LogP contribution is 2.42. The number of rotatable bonds is 7. The second kappa shape index (κ2) is 6.99. The maximum absolute atomic E-state index is 11.9. The standard InChI is InChI=1S/C14H28O2Si/c1-8-9-10-14(15)16-17(11(2)3,12(4)5)13(6)7/h8,11-13H,1,9-10H2,2-7H3. The number of hydrogen-bond acceptors (Lipinski definition) is 2. The van der Waals surface area contributed by atoms with Crippen molar-refractivity contribution in [1.29, 1.82) is 0 Å². The molecule has 0 unspecified atom stereocenters. The third kappa shape index (κ3) is 3.98. The largest absolute Gasteiger partial charge is 0.518 e. The van der Waals surface area contributed by atoms with Gasteiger partial charge in [-0.25, -0.2) is 0 Å². The molecule has 0 aromatic heterocycles. The maximum Gasteiger partial charge on any atom is 0.292 e. The molecule has 0 aromatic rings. The Bertz CT molecular complexity index is 235. The van der Waals surface area contributed by atoms with Crippen molar-refractivity contribution < 1.29 is 9.22 Å². The van der Waals surface area contributed by atoms with Crippen molar-refractivity contribution >= 4 is 14.3 Å². The summed E-state index contributed by atoms with van der Waals surface area (Å²) < 4.78 is 5.98. The van der Waals surface area contributed by atoms with Gasteiger partial charge in [-0.3, -0.25) is 4.79 Å². The lowest BCUT2D eigenvalue weighted by atomic mass is 10.3. The Morgan fingerprint density at radius 2 is 1.53 bits per heavy atom. The van der Waals surface area contributed by atoms with Crippen LogP contribution in [0.2, 0.25) is 16.6 Å². The van der Waals surface area contributed by atoms with E-state index in [1.807, 2.05) is 0 Å². The summed E-state index contributed by atoms with van der Waals surface area (Å²) in [6.45, 7) is 16.8. The molecule has 0 aromatic carbocycles. The monoisotopic (exact) mass is 256 g/mol. The minimum Gasteiger partial charge on any atom is -0.518 e. The fourth-order valence-corrected chi connectivity index (χ4v) is 8.03. The molecule has 0 spiro atoms. The van der Waals surface area contributed by atoms with Crippen LogP contribution in [0.25, 0.3) is 0 Å². The van der Waals surface area contributed by atoms with Gasteiger partial charge in [0.25, 0.3) is 14.3 Å². The van der Waals surface area contributed by atoms with Gasteiger partial charge < -0.3 is 4.43 Å². The lowest BCUT2D eigenvalue weighted by molar-refractivity contribution is -0.135. The zero-order valence-corrected chi connectivity index (χ0v) is 13.2. The first-order valence-electron chi connectivity index (χ1n) is 6.61. The molecule has 0 saturated heterocycles. The van der Waals surface area contributed by atoms with E-state index in [2.05, 4.69) is 48.1 Å². The average molecular weight is 256 g/mol. The van der Waals surface area contributed by atoms with Gasteiger partial charge in [0.2, 0.25) is 0 Å². The van der Waals surface area contributed by atoms with E-state index in [4.69, 9.17) is 4.43 Å². The summed E-state index contributed by atoms with van der Waals surface area (Å²) in [5, 5.41) is 0. The number of carbonyl (C=O) groups excluding carboxylic acids is 1. The topological polar surface area (TPSA) is 26.3 Å². The van der Waals surface area contributed by atoms with Crippen LogP contribution < -0.4 is 0 Å². The molecule has 3 heteroatoms. The average Bonchev–Trinajstić information content (AvgIpc) is 2.21. The van der Waals surface area contributed by atoms with Gasteiger partial charge in [0.15, 0.2) is 0 Å². The van der Waals surface area contributed by atoms with E-state index < -0.39 is 8.32 Å². The molecule has 0 atom stereocenters. The molecular weight excluding hydrogens is 228 g/mol. The van der Waals surface area contributed by atoms with Crippen molar-refractivity contribution in [2.24, 2.45) is 0 Å². The smallest absolute Gasteiger partial charge is 0.292 e. The summed E-state index contributed by atoms with van der Waals surface area (Å²) in [4.78, 5) is 11.9. The van der Waals surface area contributed by atoms with Crippen molar-refractivity contribution in [2.45, 2.75) is 71.0 Å². The van der Waals surface area contributed by atoms with Crippen LogP contribution in [0.3, 0.4) is 0 Å². The molecule has 0 fully saturated rings. The van der Waals surface area contributed by atoms with Crippen LogP contribution in [0.5, 0.6) is 0 Å². The third-order valence-corrected chi connectivity index (χ3v) is 9.55. The molecule has 100 valence electrons. The molecular formula is C14H28O2Si. The Morgan fingerprint density at radius 1 is 1.12 bits per heavy atom. The van der Waals surface area contributed by atoms with E-state index in [1.54, 1.807) is 6.08 Å². The molecule has 0 rings (SSSR count). The molecule has 0 saturated carbocycles. The van der Waals surface area contributed by atoms with E-state index in [0.29, 0.717) is 29.5 Å². The van der Waals surface area contributed by atoms with Crippen molar-refractivity contribution in [2.75, 3.05) is 0 Å². The Hall–Kier alpha value is -0.573. The summed E-state index contributed by atoms with van der Waals surface area (Å²) in [5.74, 6) is -0.0485. The highest BCUT2D eigenvalue weighted by atomic mass is 28.4. The normalized spacial score (nSPS) is 12.3. The van der Waals surface area contributed by atoms with Crippen LogP contribution in [0, 0.1) is 0 Å². The van der Waals surface area contributed by atoms with Crippen molar-refractivity contribution in [3.63, 3.8) is 0 Å². The molecule has 0 aliphatic carbocycles. The van der Waals surface area contributed by atoms with Crippen LogP contribution >= 0.6 is 0 Å². The van der Waals surface area contributed by atoms with Crippen molar-refractivity contribution in [3.05, 3.63) is 12.7 Å². The maximum atomic E-state index is 11.9. The molecule has 17 heavy (non-hydrogen) atoms. The van der Waals surface area contributed by atoms with Gasteiger partial charge in [-0.15, -0.1) is 6.58 Å². The van der Waals surface area contributed by atoms with Crippen LogP contribution in [-0.2, 0) is 9.22 Å². The van der Waals surface area contributed by atoms with Crippen LogP contribution in [0.15, 0.2) is 12.7 Å². The minimum absolute atomic E-state index is 0.0485. The van der Waals surface area contributed by atoms with Crippen LogP contribution in [-0.4, -0.2) is 14.3 Å². The summed E-state index contributed by atoms with van der Waals surface area (Å²) in [5.41, 5.74) is 1.36. The van der Waals surface area contributed by atoms with E-state index in [1.165, 1.54) is 0 Å². The van der Waals surface area contributed by atoms with Crippen molar-refractivity contribution in [3.8, 4) is 0 Å². The van der Waals surface area contributed by atoms with Gasteiger partial charge in [-0.1, -0.05) is 47.6 Å². The van der Waals surface area contributed by atoms with E-state index >= 15 is 0 Å². The summed E-state index contributed by atoms with van der Waals surface area (Å²) in [7, 11) is -2.02. The zero-order chi connectivity index (χ0) is 13.6. The Labute approximate surface area is 108 Å². The first-order valence-corrected chi connectivity index (χ1v) is 8.75. The third-order valence-electron chi connectivity index (χ3n) is 3.55. The SMILES string of the molecule is C=CCCC(=O)O[Si](C(C)C)(C(C)C)C(C)C. The molecule has 2 nitrogen and oxygen atoms in total. The Morgan fingerprint density at radius 3 is 1.82 bits per heavy atom. The zero-order valence-electron chi connectivity index (χ0n) is 12.2. The number of allylic oxidation sites excluding steroid dienone is 1. The fourth-order valence-electron chi connectivity index (χ4n) is 2.82. The van der Waals surface area contributed by atoms with Gasteiger partial charge in [0.1, 0.15) is 0 Å². The van der Waals surface area contributed by atoms with E-state index in [-0.39, 0.29) is 5.97 Å². The van der Waals surface area contributed by atoms with Gasteiger partial charge in [-0.2, -0.15) is 0 Å². The second-order valence-electron chi connectivity index (χ2n) is 5.62. The van der Waals surface area contributed by atoms with Crippen LogP contribution in [0.4, 0.5) is 0 Å².